The number of amides is 1. The zero-order chi connectivity index (χ0) is 17.3. The van der Waals surface area contributed by atoms with Gasteiger partial charge in [0.25, 0.3) is 0 Å². The summed E-state index contributed by atoms with van der Waals surface area (Å²) < 4.78 is 0. The molecule has 32 heavy (non-hydrogen) atoms. The molecule has 0 saturated carbocycles. The van der Waals surface area contributed by atoms with Crippen LogP contribution in [0.15, 0.2) is 0 Å². The van der Waals surface area contributed by atoms with Crippen molar-refractivity contribution >= 4 is 23.8 Å². The van der Waals surface area contributed by atoms with Gasteiger partial charge in [0, 0.05) is 366 Å². The van der Waals surface area contributed by atoms with E-state index in [1.165, 1.54) is 20.8 Å². The van der Waals surface area contributed by atoms with Gasteiger partial charge in [-0.15, -0.1) is 0 Å². The number of rotatable bonds is 6. The van der Waals surface area contributed by atoms with Crippen LogP contribution in [-0.4, -0.2) is 34.0 Å². The Labute approximate surface area is 467 Å². The quantitative estimate of drug-likeness (QED) is 0.260. The number of nitrogens with two attached hydrogens (primary N) is 2. The van der Waals surface area contributed by atoms with Crippen LogP contribution < -0.4 is 11.6 Å². The first-order valence-corrected chi connectivity index (χ1v) is 6.12. The predicted octanol–water partition coefficient (Wildman–Crippen LogP) is -0.439. The van der Waals surface area contributed by atoms with E-state index >= 15 is 0 Å². The Morgan fingerprint density at radius 3 is 0.906 bits per heavy atom. The van der Waals surface area contributed by atoms with Gasteiger partial charge in [0.2, 0.25) is 5.91 Å². The number of carboxylic acids is 2. The van der Waals surface area contributed by atoms with Crippen molar-refractivity contribution in [3.05, 3.63) is 0 Å². The number of aliphatic carboxylic acids is 2. The van der Waals surface area contributed by atoms with Crippen molar-refractivity contribution < 1.29 is 394 Å². The molecule has 4 atom stereocenters. The maximum atomic E-state index is 10.7. The van der Waals surface area contributed by atoms with E-state index in [2.05, 4.69) is 10.7 Å². The summed E-state index contributed by atoms with van der Waals surface area (Å²) in [6, 6.07) is 0. The summed E-state index contributed by atoms with van der Waals surface area (Å²) >= 11 is 0. The van der Waals surface area contributed by atoms with Crippen molar-refractivity contribution in [1.29, 1.82) is 0 Å². The molecule has 0 aliphatic rings. The zero-order valence-electron chi connectivity index (χ0n) is 18.8. The molecule has 20 heteroatoms. The van der Waals surface area contributed by atoms with Crippen LogP contribution >= 0.6 is 0 Å². The van der Waals surface area contributed by atoms with Crippen molar-refractivity contribution in [3.8, 4) is 0 Å². The summed E-state index contributed by atoms with van der Waals surface area (Å²) in [6.07, 6.45) is 0. The first-order chi connectivity index (χ1) is 9.47. The Balaban J connectivity index is -0.0000000153. The van der Waals surface area contributed by atoms with Crippen LogP contribution in [0.4, 0.5) is 0 Å². The van der Waals surface area contributed by atoms with Crippen molar-refractivity contribution in [3.63, 3.8) is 0 Å². The van der Waals surface area contributed by atoms with Gasteiger partial charge in [-0.3, -0.25) is 19.2 Å². The normalized spacial score (nSPS) is 10.2. The smallest absolute Gasteiger partial charge is 0.327 e. The van der Waals surface area contributed by atoms with E-state index in [1.54, 1.807) is 6.92 Å². The second-order valence-electron chi connectivity index (χ2n) is 4.67. The van der Waals surface area contributed by atoms with E-state index in [0.717, 1.165) is 0 Å². The van der Waals surface area contributed by atoms with E-state index in [9.17, 15) is 19.2 Å². The third-order valence-corrected chi connectivity index (χ3v) is 3.22. The molecule has 4 unspecified atom stereocenters. The van der Waals surface area contributed by atoms with Gasteiger partial charge >= 0.3 is 17.9 Å². The Kier molecular flexibility index (Phi) is 140. The molecule has 0 fully saturated rings. The summed E-state index contributed by atoms with van der Waals surface area (Å²) in [4.78, 5) is 45.5. The number of primary amides is 1. The Bertz CT molecular complexity index is 409. The van der Waals surface area contributed by atoms with E-state index in [-0.39, 0.29) is 360 Å². The predicted molar refractivity (Wildman–Crippen MR) is 71.4 cm³/mol. The first kappa shape index (κ1) is 83.9. The molecule has 0 aliphatic carbocycles. The van der Waals surface area contributed by atoms with Crippen LogP contribution in [0, 0.1) is 23.7 Å². The van der Waals surface area contributed by atoms with Crippen molar-refractivity contribution in [2.24, 2.45) is 35.3 Å². The molecule has 0 aromatic rings. The third-order valence-electron chi connectivity index (χ3n) is 3.22. The van der Waals surface area contributed by atoms with Crippen LogP contribution in [0.5, 0.6) is 0 Å². The molecule has 0 rings (SSSR count). The summed E-state index contributed by atoms with van der Waals surface area (Å²) in [7, 11) is 0. The molecule has 0 saturated heterocycles. The number of carboxylic acid groups (broad SMARTS) is 2. The fourth-order valence-corrected chi connectivity index (χ4v) is 0.986. The number of hydrogen-bond acceptors (Lipinski definition) is 6. The summed E-state index contributed by atoms with van der Waals surface area (Å²) in [5, 5.41) is 16.7. The molecule has 11 radical (unpaired) electrons. The van der Waals surface area contributed by atoms with Crippen molar-refractivity contribution in [2.45, 2.75) is 27.7 Å². The maximum Gasteiger partial charge on any atom is 0.327 e. The molecule has 6 N–H and O–H groups in total. The standard InChI is InChI=1S/C6H12N2O3.C6H10O4.11Y/c1-3(5(7)9)4(2)6(10)11-8;1-3(5(7)8)4(2)6(9)10;;;;;;;;;;;/h3-4H,8H2,1-2H3,(H2,7,9);3-4H,1-2H3,(H,7,8)(H,9,10);;;;;;;;;;;. The summed E-state index contributed by atoms with van der Waals surface area (Å²) in [6.45, 7) is 5.83. The van der Waals surface area contributed by atoms with E-state index in [0.29, 0.717) is 0 Å². The topological polar surface area (TPSA) is 170 Å². The van der Waals surface area contributed by atoms with Gasteiger partial charge in [-0.1, -0.05) is 27.7 Å². The van der Waals surface area contributed by atoms with Crippen molar-refractivity contribution in [2.75, 3.05) is 0 Å². The third kappa shape index (κ3) is 46.9. The molecular formula is C12H22N2O7Y11. The fourth-order valence-electron chi connectivity index (χ4n) is 0.986. The van der Waals surface area contributed by atoms with Gasteiger partial charge in [-0.05, 0) is 0 Å². The Morgan fingerprint density at radius 2 is 0.781 bits per heavy atom. The maximum absolute atomic E-state index is 10.7. The minimum atomic E-state index is -1.07. The zero-order valence-corrected chi connectivity index (χ0v) is 50.0. The van der Waals surface area contributed by atoms with Crippen LogP contribution in [0.1, 0.15) is 27.7 Å². The minimum Gasteiger partial charge on any atom is -0.481 e. The summed E-state index contributed by atoms with van der Waals surface area (Å²) in [5.41, 5.74) is 4.94. The molecular weight excluding hydrogens is 1260 g/mol. The SMILES string of the molecule is CC(C(=O)O)C(C)C(=O)O.CC(C(N)=O)C(C)C(=O)ON.[Y].[Y].[Y].[Y].[Y].[Y].[Y].[Y].[Y].[Y].[Y]. The van der Waals surface area contributed by atoms with Gasteiger partial charge in [0.1, 0.15) is 0 Å². The Hall–Kier alpha value is 9.98. The molecule has 0 heterocycles. The second-order valence-corrected chi connectivity index (χ2v) is 4.67. The molecule has 9 nitrogen and oxygen atoms in total. The molecule has 0 aliphatic heterocycles. The number of carbonyl (C=O) groups excluding carboxylic acids is 2. The monoisotopic (exact) mass is 1280 g/mol. The van der Waals surface area contributed by atoms with E-state index in [1.807, 2.05) is 0 Å². The molecule has 0 spiro atoms. The van der Waals surface area contributed by atoms with Gasteiger partial charge < -0.3 is 20.8 Å². The van der Waals surface area contributed by atoms with E-state index in [4.69, 9.17) is 15.9 Å². The second kappa shape index (κ2) is 53.5. The average Bonchev–Trinajstić information content (AvgIpc) is 2.43. The first-order valence-electron chi connectivity index (χ1n) is 6.12. The van der Waals surface area contributed by atoms with E-state index < -0.39 is 47.5 Å². The van der Waals surface area contributed by atoms with Gasteiger partial charge in [-0.25, -0.2) is 0 Å². The van der Waals surface area contributed by atoms with Crippen LogP contribution in [-0.2, 0) is 384 Å². The largest absolute Gasteiger partial charge is 0.481 e. The summed E-state index contributed by atoms with van der Waals surface area (Å²) in [5.74, 6) is -1.49. The molecule has 0 aromatic carbocycles. The van der Waals surface area contributed by atoms with Gasteiger partial charge in [0.05, 0.1) is 17.8 Å². The average molecular weight is 1280 g/mol. The van der Waals surface area contributed by atoms with Crippen molar-refractivity contribution in [1.82, 2.24) is 0 Å². The Morgan fingerprint density at radius 1 is 0.562 bits per heavy atom. The minimum absolute atomic E-state index is 0. The molecule has 1 amide bonds. The fraction of sp³-hybridized carbons (Fsp3) is 0.667. The van der Waals surface area contributed by atoms with Gasteiger partial charge in [0.15, 0.2) is 0 Å². The number of hydrogen-bond donors (Lipinski definition) is 4. The molecule has 0 aromatic heterocycles. The van der Waals surface area contributed by atoms with Gasteiger partial charge in [-0.2, -0.15) is 5.90 Å². The van der Waals surface area contributed by atoms with Crippen LogP contribution in [0.2, 0.25) is 0 Å². The number of carbonyl (C=O) groups is 4. The molecule has 0 bridgehead atoms. The van der Waals surface area contributed by atoms with Crippen LogP contribution in [0.3, 0.4) is 0 Å². The molecule has 155 valence electrons. The van der Waals surface area contributed by atoms with Crippen LogP contribution in [0.25, 0.3) is 0 Å².